The molecule has 11 aromatic rings. The number of hydrogen-bond acceptors (Lipinski definition) is 3. The molecule has 5 heteroatoms. The van der Waals surface area contributed by atoms with E-state index >= 15 is 0 Å². The molecule has 66 heavy (non-hydrogen) atoms. The third-order valence-corrected chi connectivity index (χ3v) is 12.7. The number of benzene rings is 8. The molecule has 0 bridgehead atoms. The summed E-state index contributed by atoms with van der Waals surface area (Å²) in [5.74, 6) is 1.40. The quantitative estimate of drug-likeness (QED) is 0.123. The van der Waals surface area contributed by atoms with Crippen molar-refractivity contribution in [2.75, 3.05) is 0 Å². The fourth-order valence-electron chi connectivity index (χ4n) is 9.21. The van der Waals surface area contributed by atoms with E-state index in [9.17, 15) is 0 Å². The van der Waals surface area contributed by atoms with E-state index in [-0.39, 0.29) is 37.4 Å². The molecule has 0 aliphatic carbocycles. The first-order valence-corrected chi connectivity index (χ1v) is 22.8. The Hall–Kier alpha value is -6.65. The maximum Gasteiger partial charge on any atom is 0.121 e. The van der Waals surface area contributed by atoms with Crippen LogP contribution in [0.4, 0.5) is 0 Å². The molecule has 0 spiro atoms. The molecule has 0 unspecified atom stereocenters. The standard InChI is InChI=1S/C46H37N2O.C15H16N.Ir/c1-27(2)37-24-33(30-12-7-6-8-13-30)25-38(28(3)4)44(37)48-42-21-18-29(5)22-41(42)47-46(48)36-17-11-16-35-40-23-32-20-19-31-14-9-10-15-34(31)39(32)26-43(40)49-45(35)36;1-15(2,3)13-9-10-16-14(11-13)12-7-5-4-6-8-12;/h6-16,18-28H,1-5H3;4-7,9-11H,1-3H3;/q2*-1;. The molecule has 0 aliphatic heterocycles. The summed E-state index contributed by atoms with van der Waals surface area (Å²) >= 11 is 0. The van der Waals surface area contributed by atoms with Crippen molar-refractivity contribution in [1.29, 1.82) is 0 Å². The van der Waals surface area contributed by atoms with E-state index in [0.717, 1.165) is 55.6 Å². The second-order valence-corrected chi connectivity index (χ2v) is 19.0. The first-order valence-electron chi connectivity index (χ1n) is 22.8. The van der Waals surface area contributed by atoms with Gasteiger partial charge in [-0.25, -0.2) is 0 Å². The van der Waals surface area contributed by atoms with Gasteiger partial charge in [0, 0.05) is 37.4 Å². The van der Waals surface area contributed by atoms with Crippen molar-refractivity contribution in [1.82, 2.24) is 14.5 Å². The number of rotatable bonds is 6. The Morgan fingerprint density at radius 2 is 1.33 bits per heavy atom. The Bertz CT molecular complexity index is 3510. The maximum absolute atomic E-state index is 6.85. The van der Waals surface area contributed by atoms with Crippen LogP contribution in [0.5, 0.6) is 0 Å². The van der Waals surface area contributed by atoms with Crippen LogP contribution < -0.4 is 0 Å². The summed E-state index contributed by atoms with van der Waals surface area (Å²) in [6.07, 6.45) is 1.87. The van der Waals surface area contributed by atoms with Crippen molar-refractivity contribution in [2.45, 2.75) is 72.6 Å². The van der Waals surface area contributed by atoms with Gasteiger partial charge in [-0.05, 0) is 127 Å². The summed E-state index contributed by atoms with van der Waals surface area (Å²) < 4.78 is 9.24. The van der Waals surface area contributed by atoms with Gasteiger partial charge in [0.15, 0.2) is 0 Å². The topological polar surface area (TPSA) is 43.9 Å². The van der Waals surface area contributed by atoms with Crippen LogP contribution in [0.3, 0.4) is 0 Å². The summed E-state index contributed by atoms with van der Waals surface area (Å²) in [6, 6.07) is 62.6. The number of aromatic nitrogens is 3. The average Bonchev–Trinajstić information content (AvgIpc) is 3.88. The Balaban J connectivity index is 0.000000273. The molecule has 3 heterocycles. The van der Waals surface area contributed by atoms with Gasteiger partial charge in [-0.3, -0.25) is 4.98 Å². The molecule has 0 saturated carbocycles. The van der Waals surface area contributed by atoms with E-state index in [4.69, 9.17) is 9.40 Å². The van der Waals surface area contributed by atoms with Crippen molar-refractivity contribution in [2.24, 2.45) is 0 Å². The molecule has 0 saturated heterocycles. The first-order chi connectivity index (χ1) is 31.4. The Morgan fingerprint density at radius 1 is 0.606 bits per heavy atom. The van der Waals surface area contributed by atoms with E-state index in [1.54, 1.807) is 0 Å². The van der Waals surface area contributed by atoms with Gasteiger partial charge in [0.1, 0.15) is 5.58 Å². The summed E-state index contributed by atoms with van der Waals surface area (Å²) in [7, 11) is 0. The maximum atomic E-state index is 6.85. The van der Waals surface area contributed by atoms with Crippen LogP contribution in [0.2, 0.25) is 0 Å². The minimum Gasteiger partial charge on any atom is -0.501 e. The molecule has 329 valence electrons. The van der Waals surface area contributed by atoms with Crippen molar-refractivity contribution in [3.63, 3.8) is 0 Å². The van der Waals surface area contributed by atoms with Crippen LogP contribution in [0.25, 0.3) is 94.0 Å². The van der Waals surface area contributed by atoms with Crippen LogP contribution in [-0.4, -0.2) is 14.5 Å². The Kier molecular flexibility index (Phi) is 12.1. The molecule has 8 aromatic carbocycles. The van der Waals surface area contributed by atoms with Gasteiger partial charge in [0.25, 0.3) is 0 Å². The summed E-state index contributed by atoms with van der Waals surface area (Å²) in [5, 5.41) is 7.02. The smallest absolute Gasteiger partial charge is 0.121 e. The SMILES string of the molecule is CC(C)(C)c1ccnc(-c2[c-]cccc2)c1.Cc1ccc2c(c1)nc(-c1[c-]ccc3c1oc1cc4c(ccc5ccccc54)cc13)n2-c1c(C(C)C)cc(-c2ccccc2)cc1C(C)C.[Ir]. The Morgan fingerprint density at radius 3 is 2.06 bits per heavy atom. The number of furan rings is 1. The number of nitrogens with zero attached hydrogens (tertiary/aromatic N) is 3. The zero-order valence-corrected chi connectivity index (χ0v) is 41.2. The number of pyridine rings is 1. The molecule has 0 N–H and O–H groups in total. The molecule has 3 aromatic heterocycles. The van der Waals surface area contributed by atoms with E-state index < -0.39 is 0 Å². The van der Waals surface area contributed by atoms with Gasteiger partial charge in [-0.1, -0.05) is 138 Å². The molecule has 1 radical (unpaired) electrons. The summed E-state index contributed by atoms with van der Waals surface area (Å²) in [5.41, 5.74) is 15.5. The van der Waals surface area contributed by atoms with Crippen molar-refractivity contribution >= 4 is 54.5 Å². The van der Waals surface area contributed by atoms with Crippen molar-refractivity contribution < 1.29 is 24.5 Å². The van der Waals surface area contributed by atoms with Gasteiger partial charge < -0.3 is 14.0 Å². The molecular weight excluding hydrogens is 983 g/mol. The van der Waals surface area contributed by atoms with Crippen molar-refractivity contribution in [3.8, 4) is 39.5 Å². The number of hydrogen-bond donors (Lipinski definition) is 0. The third-order valence-electron chi connectivity index (χ3n) is 12.7. The summed E-state index contributed by atoms with van der Waals surface area (Å²) in [6.45, 7) is 17.9. The molecular formula is C61H53IrN3O-2. The minimum absolute atomic E-state index is 0. The molecule has 11 rings (SSSR count). The van der Waals surface area contributed by atoms with Crippen LogP contribution in [-0.2, 0) is 25.5 Å². The molecule has 0 fully saturated rings. The van der Waals surface area contributed by atoms with Crippen LogP contribution in [0, 0.1) is 19.1 Å². The van der Waals surface area contributed by atoms with E-state index in [2.05, 4.69) is 204 Å². The zero-order valence-electron chi connectivity index (χ0n) is 38.8. The van der Waals surface area contributed by atoms with Gasteiger partial charge in [-0.2, -0.15) is 0 Å². The largest absolute Gasteiger partial charge is 0.501 e. The number of aryl methyl sites for hydroxylation is 1. The van der Waals surface area contributed by atoms with Crippen LogP contribution in [0.1, 0.15) is 82.6 Å². The number of fused-ring (bicyclic) bond motifs is 7. The van der Waals surface area contributed by atoms with E-state index in [0.29, 0.717) is 0 Å². The van der Waals surface area contributed by atoms with E-state index in [1.807, 2.05) is 36.5 Å². The third kappa shape index (κ3) is 8.27. The molecule has 0 aliphatic rings. The Labute approximate surface area is 401 Å². The second-order valence-electron chi connectivity index (χ2n) is 19.0. The average molecular weight is 1040 g/mol. The predicted molar refractivity (Wildman–Crippen MR) is 273 cm³/mol. The fourth-order valence-corrected chi connectivity index (χ4v) is 9.21. The minimum atomic E-state index is 0. The van der Waals surface area contributed by atoms with Crippen LogP contribution in [0.15, 0.2) is 168 Å². The van der Waals surface area contributed by atoms with Crippen LogP contribution >= 0.6 is 0 Å². The molecule has 0 amide bonds. The second kappa shape index (κ2) is 18.0. The van der Waals surface area contributed by atoms with E-state index in [1.165, 1.54) is 60.6 Å². The molecule has 0 atom stereocenters. The zero-order chi connectivity index (χ0) is 45.0. The van der Waals surface area contributed by atoms with Crippen molar-refractivity contribution in [3.05, 3.63) is 198 Å². The fraction of sp³-hybridized carbons (Fsp3) is 0.180. The van der Waals surface area contributed by atoms with Gasteiger partial charge in [0.05, 0.1) is 22.4 Å². The van der Waals surface area contributed by atoms with Gasteiger partial charge in [-0.15, -0.1) is 54.1 Å². The monoisotopic (exact) mass is 1040 g/mol. The van der Waals surface area contributed by atoms with Gasteiger partial charge in [0.2, 0.25) is 0 Å². The predicted octanol–water partition coefficient (Wildman–Crippen LogP) is 16.8. The first kappa shape index (κ1) is 44.5. The number of imidazole rings is 1. The molecule has 4 nitrogen and oxygen atoms in total. The normalized spacial score (nSPS) is 11.8. The summed E-state index contributed by atoms with van der Waals surface area (Å²) in [4.78, 5) is 9.78. The van der Waals surface area contributed by atoms with Gasteiger partial charge >= 0.3 is 0 Å².